The molecule has 22 heavy (non-hydrogen) atoms. The maximum absolute atomic E-state index is 12.4. The molecule has 0 bridgehead atoms. The smallest absolute Gasteiger partial charge is 0.341 e. The van der Waals surface area contributed by atoms with Gasteiger partial charge in [0.25, 0.3) is 0 Å². The number of hydrogen-bond donors (Lipinski definition) is 1. The van der Waals surface area contributed by atoms with E-state index in [1.54, 1.807) is 5.51 Å². The van der Waals surface area contributed by atoms with E-state index in [-0.39, 0.29) is 10.9 Å². The van der Waals surface area contributed by atoms with E-state index in [1.807, 2.05) is 0 Å². The SMILES string of the molecule is O=S(=O)(c1ccc(NC2CN(c3nncs3)C2)cc1)C(F)F. The zero-order chi connectivity index (χ0) is 15.7. The molecule has 1 fully saturated rings. The predicted molar refractivity (Wildman–Crippen MR) is 79.2 cm³/mol. The van der Waals surface area contributed by atoms with Crippen molar-refractivity contribution in [2.45, 2.75) is 16.7 Å². The highest BCUT2D eigenvalue weighted by Gasteiger charge is 2.29. The minimum atomic E-state index is -4.54. The van der Waals surface area contributed by atoms with Crippen molar-refractivity contribution < 1.29 is 17.2 Å². The number of anilines is 2. The molecule has 1 aromatic heterocycles. The highest BCUT2D eigenvalue weighted by molar-refractivity contribution is 7.91. The van der Waals surface area contributed by atoms with Crippen molar-refractivity contribution >= 4 is 32.0 Å². The van der Waals surface area contributed by atoms with Crippen LogP contribution in [0.25, 0.3) is 0 Å². The zero-order valence-corrected chi connectivity index (χ0v) is 12.8. The van der Waals surface area contributed by atoms with E-state index in [2.05, 4.69) is 20.4 Å². The maximum atomic E-state index is 12.4. The second kappa shape index (κ2) is 5.76. The summed E-state index contributed by atoms with van der Waals surface area (Å²) in [7, 11) is -4.54. The third-order valence-electron chi connectivity index (χ3n) is 3.29. The quantitative estimate of drug-likeness (QED) is 0.890. The fourth-order valence-electron chi connectivity index (χ4n) is 2.11. The standard InChI is InChI=1S/C12H12F2N4O2S2/c13-11(14)22(19,20)10-3-1-8(2-4-10)16-9-5-18(6-9)12-17-15-7-21-12/h1-4,7,9,11,16H,5-6H2. The van der Waals surface area contributed by atoms with Gasteiger partial charge in [-0.15, -0.1) is 10.2 Å². The monoisotopic (exact) mass is 346 g/mol. The fourth-order valence-corrected chi connectivity index (χ4v) is 3.41. The summed E-state index contributed by atoms with van der Waals surface area (Å²) in [5.41, 5.74) is 2.35. The Labute approximate surface area is 129 Å². The minimum Gasteiger partial charge on any atom is -0.379 e. The highest BCUT2D eigenvalue weighted by atomic mass is 32.2. The summed E-state index contributed by atoms with van der Waals surface area (Å²) in [6.07, 6.45) is 0. The number of sulfone groups is 1. The molecule has 0 unspecified atom stereocenters. The molecular weight excluding hydrogens is 334 g/mol. The molecule has 118 valence electrons. The summed E-state index contributed by atoms with van der Waals surface area (Å²) in [6, 6.07) is 5.54. The number of aromatic nitrogens is 2. The molecule has 1 saturated heterocycles. The van der Waals surface area contributed by atoms with Crippen LogP contribution in [0.5, 0.6) is 0 Å². The van der Waals surface area contributed by atoms with Crippen molar-refractivity contribution in [3.05, 3.63) is 29.8 Å². The number of halogens is 2. The van der Waals surface area contributed by atoms with Crippen molar-refractivity contribution in [3.63, 3.8) is 0 Å². The summed E-state index contributed by atoms with van der Waals surface area (Å²) >= 11 is 1.46. The Balaban J connectivity index is 1.59. The molecule has 1 aliphatic rings. The van der Waals surface area contributed by atoms with Crippen LogP contribution >= 0.6 is 11.3 Å². The van der Waals surface area contributed by atoms with E-state index >= 15 is 0 Å². The molecule has 2 aromatic rings. The fraction of sp³-hybridized carbons (Fsp3) is 0.333. The highest BCUT2D eigenvalue weighted by Crippen LogP contribution is 2.25. The Hall–Kier alpha value is -1.81. The average molecular weight is 346 g/mol. The molecule has 0 radical (unpaired) electrons. The van der Waals surface area contributed by atoms with Gasteiger partial charge in [-0.05, 0) is 24.3 Å². The molecule has 3 rings (SSSR count). The maximum Gasteiger partial charge on any atom is 0.341 e. The molecule has 10 heteroatoms. The molecule has 0 amide bonds. The van der Waals surface area contributed by atoms with Crippen LogP contribution < -0.4 is 10.2 Å². The van der Waals surface area contributed by atoms with Gasteiger partial charge >= 0.3 is 5.76 Å². The lowest BCUT2D eigenvalue weighted by molar-refractivity contribution is 0.234. The van der Waals surface area contributed by atoms with Gasteiger partial charge in [0.1, 0.15) is 5.51 Å². The summed E-state index contributed by atoms with van der Waals surface area (Å²) < 4.78 is 47.5. The number of benzene rings is 1. The summed E-state index contributed by atoms with van der Waals surface area (Å²) in [6.45, 7) is 1.51. The molecule has 1 aliphatic heterocycles. The largest absolute Gasteiger partial charge is 0.379 e. The van der Waals surface area contributed by atoms with Gasteiger partial charge in [-0.2, -0.15) is 8.78 Å². The van der Waals surface area contributed by atoms with Gasteiger partial charge in [-0.1, -0.05) is 11.3 Å². The molecular formula is C12H12F2N4O2S2. The van der Waals surface area contributed by atoms with Crippen LogP contribution in [-0.4, -0.2) is 43.5 Å². The number of rotatable bonds is 5. The van der Waals surface area contributed by atoms with E-state index in [0.29, 0.717) is 5.69 Å². The first-order valence-electron chi connectivity index (χ1n) is 6.36. The van der Waals surface area contributed by atoms with Gasteiger partial charge < -0.3 is 10.2 Å². The number of alkyl halides is 2. The van der Waals surface area contributed by atoms with Gasteiger partial charge in [0.2, 0.25) is 15.0 Å². The molecule has 1 N–H and O–H groups in total. The third-order valence-corrected chi connectivity index (χ3v) is 5.44. The van der Waals surface area contributed by atoms with E-state index in [0.717, 1.165) is 18.2 Å². The lowest BCUT2D eigenvalue weighted by Crippen LogP contribution is -2.54. The molecule has 6 nitrogen and oxygen atoms in total. The van der Waals surface area contributed by atoms with Crippen LogP contribution in [0.3, 0.4) is 0 Å². The van der Waals surface area contributed by atoms with Gasteiger partial charge in [-0.3, -0.25) is 0 Å². The Morgan fingerprint density at radius 2 is 1.95 bits per heavy atom. The first-order chi connectivity index (χ1) is 10.5. The van der Waals surface area contributed by atoms with E-state index in [1.165, 1.54) is 35.6 Å². The first-order valence-corrected chi connectivity index (χ1v) is 8.79. The van der Waals surface area contributed by atoms with Crippen molar-refractivity contribution in [2.75, 3.05) is 23.3 Å². The Morgan fingerprint density at radius 3 is 2.50 bits per heavy atom. The van der Waals surface area contributed by atoms with Crippen LogP contribution in [0.15, 0.2) is 34.7 Å². The normalized spacial score (nSPS) is 15.9. The van der Waals surface area contributed by atoms with Crippen LogP contribution in [-0.2, 0) is 9.84 Å². The van der Waals surface area contributed by atoms with E-state index < -0.39 is 15.6 Å². The first kappa shape index (κ1) is 15.1. The molecule has 0 atom stereocenters. The molecule has 2 heterocycles. The van der Waals surface area contributed by atoms with Crippen molar-refractivity contribution in [3.8, 4) is 0 Å². The number of nitrogens with one attached hydrogen (secondary N) is 1. The van der Waals surface area contributed by atoms with Gasteiger partial charge in [0.05, 0.1) is 10.9 Å². The van der Waals surface area contributed by atoms with Crippen LogP contribution in [0.4, 0.5) is 19.6 Å². The Morgan fingerprint density at radius 1 is 1.27 bits per heavy atom. The second-order valence-corrected chi connectivity index (χ2v) is 7.53. The van der Waals surface area contributed by atoms with Gasteiger partial charge in [-0.25, -0.2) is 8.42 Å². The topological polar surface area (TPSA) is 75.2 Å². The minimum absolute atomic E-state index is 0.196. The number of nitrogens with zero attached hydrogens (tertiary/aromatic N) is 3. The van der Waals surface area contributed by atoms with E-state index in [4.69, 9.17) is 0 Å². The molecule has 0 aliphatic carbocycles. The Bertz CT molecular complexity index is 729. The van der Waals surface area contributed by atoms with Gasteiger partial charge in [0, 0.05) is 18.8 Å². The van der Waals surface area contributed by atoms with Gasteiger partial charge in [0.15, 0.2) is 0 Å². The second-order valence-electron chi connectivity index (χ2n) is 4.80. The third kappa shape index (κ3) is 2.88. The lowest BCUT2D eigenvalue weighted by atomic mass is 10.1. The van der Waals surface area contributed by atoms with Crippen LogP contribution in [0.1, 0.15) is 0 Å². The average Bonchev–Trinajstić information content (AvgIpc) is 2.96. The summed E-state index contributed by atoms with van der Waals surface area (Å²) in [5, 5.41) is 11.8. The van der Waals surface area contributed by atoms with Crippen LogP contribution in [0.2, 0.25) is 0 Å². The molecule has 0 spiro atoms. The van der Waals surface area contributed by atoms with Crippen molar-refractivity contribution in [2.24, 2.45) is 0 Å². The van der Waals surface area contributed by atoms with Crippen molar-refractivity contribution in [1.29, 1.82) is 0 Å². The zero-order valence-electron chi connectivity index (χ0n) is 11.2. The summed E-state index contributed by atoms with van der Waals surface area (Å²) in [5.74, 6) is -3.40. The predicted octanol–water partition coefficient (Wildman–Crippen LogP) is 1.84. The number of hydrogen-bond acceptors (Lipinski definition) is 7. The lowest BCUT2D eigenvalue weighted by Gasteiger charge is -2.39. The molecule has 1 aromatic carbocycles. The summed E-state index contributed by atoms with van der Waals surface area (Å²) in [4.78, 5) is 1.68. The van der Waals surface area contributed by atoms with Crippen molar-refractivity contribution in [1.82, 2.24) is 10.2 Å². The molecule has 0 saturated carbocycles. The van der Waals surface area contributed by atoms with E-state index in [9.17, 15) is 17.2 Å². The van der Waals surface area contributed by atoms with Crippen LogP contribution in [0, 0.1) is 0 Å². The Kier molecular flexibility index (Phi) is 3.96.